The van der Waals surface area contributed by atoms with Crippen molar-refractivity contribution in [2.75, 3.05) is 32.7 Å². The monoisotopic (exact) mass is 432 g/mol. The molecule has 1 atom stereocenters. The highest BCUT2D eigenvalue weighted by atomic mass is 35.5. The molecule has 8 nitrogen and oxygen atoms in total. The summed E-state index contributed by atoms with van der Waals surface area (Å²) in [6.07, 6.45) is -4.61. The molecule has 1 heterocycles. The summed E-state index contributed by atoms with van der Waals surface area (Å²) < 4.78 is 66.8. The molecule has 1 saturated heterocycles. The fourth-order valence-corrected chi connectivity index (χ4v) is 4.00. The molecule has 27 heavy (non-hydrogen) atoms. The molecule has 1 aromatic carbocycles. The Labute approximate surface area is 160 Å². The molecule has 2 rings (SSSR count). The van der Waals surface area contributed by atoms with Gasteiger partial charge in [-0.2, -0.15) is 13.2 Å². The van der Waals surface area contributed by atoms with Gasteiger partial charge in [0.2, 0.25) is 10.0 Å². The van der Waals surface area contributed by atoms with Crippen LogP contribution in [0.15, 0.2) is 23.1 Å². The first kappa shape index (κ1) is 23.6. The molecule has 1 fully saturated rings. The molecule has 1 aromatic rings. The maximum Gasteiger partial charge on any atom is 0.405 e. The number of nitro groups is 1. The first-order valence-electron chi connectivity index (χ1n) is 7.78. The van der Waals surface area contributed by atoms with Crippen LogP contribution in [-0.4, -0.2) is 63.2 Å². The number of nitrogens with zero attached hydrogens (tertiary/aromatic N) is 2. The van der Waals surface area contributed by atoms with Crippen LogP contribution in [0.4, 0.5) is 18.9 Å². The second-order valence-corrected chi connectivity index (χ2v) is 7.64. The van der Waals surface area contributed by atoms with E-state index in [1.165, 1.54) is 17.9 Å². The standard InChI is InChI=1S/C14H19F3N4O4S.ClH/c1-10-2-3-11(21(22)23)8-12(10)26(24,25)19-9-13(14(15,16)17)20-6-4-18-5-7-20;/h2-3,8,13,18-19H,4-7,9H2,1H3;1H. The molecule has 0 aromatic heterocycles. The maximum atomic E-state index is 13.3. The van der Waals surface area contributed by atoms with Crippen molar-refractivity contribution in [3.63, 3.8) is 0 Å². The Bertz CT molecular complexity index is 770. The van der Waals surface area contributed by atoms with Crippen molar-refractivity contribution in [1.82, 2.24) is 14.9 Å². The Kier molecular flexibility index (Phi) is 7.99. The molecular formula is C14H20ClF3N4O4S. The highest BCUT2D eigenvalue weighted by Gasteiger charge is 2.44. The lowest BCUT2D eigenvalue weighted by Gasteiger charge is -2.35. The Morgan fingerprint density at radius 1 is 1.33 bits per heavy atom. The van der Waals surface area contributed by atoms with Crippen LogP contribution in [0, 0.1) is 17.0 Å². The molecule has 0 radical (unpaired) electrons. The van der Waals surface area contributed by atoms with E-state index in [9.17, 15) is 31.7 Å². The van der Waals surface area contributed by atoms with Crippen LogP contribution in [0.25, 0.3) is 0 Å². The van der Waals surface area contributed by atoms with Crippen molar-refractivity contribution in [3.8, 4) is 0 Å². The Hall–Kier alpha value is -1.47. The molecule has 0 aliphatic carbocycles. The van der Waals surface area contributed by atoms with Crippen LogP contribution in [0.1, 0.15) is 5.56 Å². The van der Waals surface area contributed by atoms with Gasteiger partial charge in [0.15, 0.2) is 0 Å². The predicted molar refractivity (Wildman–Crippen MR) is 94.6 cm³/mol. The molecule has 154 valence electrons. The number of aryl methyl sites for hydroxylation is 1. The third-order valence-corrected chi connectivity index (χ3v) is 5.67. The molecule has 1 unspecified atom stereocenters. The lowest BCUT2D eigenvalue weighted by Crippen LogP contribution is -2.57. The Morgan fingerprint density at radius 2 is 1.93 bits per heavy atom. The first-order chi connectivity index (χ1) is 12.0. The third-order valence-electron chi connectivity index (χ3n) is 4.11. The summed E-state index contributed by atoms with van der Waals surface area (Å²) in [4.78, 5) is 10.8. The number of rotatable bonds is 6. The van der Waals surface area contributed by atoms with E-state index in [4.69, 9.17) is 0 Å². The van der Waals surface area contributed by atoms with Crippen LogP contribution in [0.3, 0.4) is 0 Å². The third kappa shape index (κ3) is 6.01. The minimum Gasteiger partial charge on any atom is -0.314 e. The number of alkyl halides is 3. The minimum absolute atomic E-state index is 0. The van der Waals surface area contributed by atoms with E-state index in [0.29, 0.717) is 13.1 Å². The lowest BCUT2D eigenvalue weighted by atomic mass is 10.2. The van der Waals surface area contributed by atoms with Crippen LogP contribution in [0.2, 0.25) is 0 Å². The van der Waals surface area contributed by atoms with Crippen LogP contribution in [-0.2, 0) is 10.0 Å². The zero-order valence-electron chi connectivity index (χ0n) is 14.3. The van der Waals surface area contributed by atoms with Gasteiger partial charge in [0.25, 0.3) is 5.69 Å². The van der Waals surface area contributed by atoms with E-state index in [0.717, 1.165) is 12.1 Å². The van der Waals surface area contributed by atoms with Gasteiger partial charge >= 0.3 is 6.18 Å². The van der Waals surface area contributed by atoms with Crippen molar-refractivity contribution in [2.24, 2.45) is 0 Å². The molecule has 0 bridgehead atoms. The second kappa shape index (κ2) is 9.15. The highest BCUT2D eigenvalue weighted by molar-refractivity contribution is 7.89. The maximum absolute atomic E-state index is 13.3. The lowest BCUT2D eigenvalue weighted by molar-refractivity contribution is -0.385. The normalized spacial score (nSPS) is 17.2. The van der Waals surface area contributed by atoms with Gasteiger partial charge in [-0.25, -0.2) is 13.1 Å². The minimum atomic E-state index is -4.61. The van der Waals surface area contributed by atoms with E-state index in [1.807, 2.05) is 4.72 Å². The average molecular weight is 433 g/mol. The number of piperazine rings is 1. The zero-order valence-corrected chi connectivity index (χ0v) is 16.0. The van der Waals surface area contributed by atoms with Crippen molar-refractivity contribution in [2.45, 2.75) is 24.0 Å². The van der Waals surface area contributed by atoms with Gasteiger partial charge in [-0.1, -0.05) is 6.07 Å². The van der Waals surface area contributed by atoms with E-state index in [2.05, 4.69) is 5.32 Å². The molecule has 0 spiro atoms. The fourth-order valence-electron chi connectivity index (χ4n) is 2.70. The molecule has 0 saturated carbocycles. The number of benzene rings is 1. The summed E-state index contributed by atoms with van der Waals surface area (Å²) in [5.41, 5.74) is -0.251. The van der Waals surface area contributed by atoms with Gasteiger partial charge in [-0.05, 0) is 12.5 Å². The summed E-state index contributed by atoms with van der Waals surface area (Å²) in [7, 11) is -4.34. The molecule has 1 aliphatic heterocycles. The molecule has 2 N–H and O–H groups in total. The largest absolute Gasteiger partial charge is 0.405 e. The zero-order chi connectivity index (χ0) is 19.5. The molecular weight excluding hydrogens is 413 g/mol. The Balaban J connectivity index is 0.00000364. The molecule has 13 heteroatoms. The smallest absolute Gasteiger partial charge is 0.314 e. The number of sulfonamides is 1. The second-order valence-electron chi connectivity index (χ2n) is 5.90. The van der Waals surface area contributed by atoms with Gasteiger partial charge < -0.3 is 5.32 Å². The van der Waals surface area contributed by atoms with E-state index < -0.39 is 44.3 Å². The van der Waals surface area contributed by atoms with Gasteiger partial charge in [0.05, 0.1) is 9.82 Å². The van der Waals surface area contributed by atoms with E-state index in [-0.39, 0.29) is 31.1 Å². The topological polar surface area (TPSA) is 105 Å². The van der Waals surface area contributed by atoms with Gasteiger partial charge in [-0.3, -0.25) is 15.0 Å². The summed E-state index contributed by atoms with van der Waals surface area (Å²) in [6.45, 7) is 1.58. The van der Waals surface area contributed by atoms with E-state index >= 15 is 0 Å². The number of hydrogen-bond donors (Lipinski definition) is 2. The Morgan fingerprint density at radius 3 is 2.44 bits per heavy atom. The van der Waals surface area contributed by atoms with Gasteiger partial charge in [-0.15, -0.1) is 12.4 Å². The number of hydrogen-bond acceptors (Lipinski definition) is 6. The van der Waals surface area contributed by atoms with E-state index in [1.54, 1.807) is 0 Å². The van der Waals surface area contributed by atoms with Crippen molar-refractivity contribution in [1.29, 1.82) is 0 Å². The van der Waals surface area contributed by atoms with Crippen LogP contribution >= 0.6 is 12.4 Å². The number of non-ortho nitro benzene ring substituents is 1. The average Bonchev–Trinajstić information content (AvgIpc) is 2.54. The predicted octanol–water partition coefficient (Wildman–Crippen LogP) is 1.44. The summed E-state index contributed by atoms with van der Waals surface area (Å²) in [6, 6.07) is 1.24. The number of nitrogens with one attached hydrogen (secondary N) is 2. The summed E-state index contributed by atoms with van der Waals surface area (Å²) in [5.74, 6) is 0. The van der Waals surface area contributed by atoms with Gasteiger partial charge in [0.1, 0.15) is 6.04 Å². The van der Waals surface area contributed by atoms with Crippen molar-refractivity contribution >= 4 is 28.1 Å². The quantitative estimate of drug-likeness (QED) is 0.520. The fraction of sp³-hybridized carbons (Fsp3) is 0.571. The van der Waals surface area contributed by atoms with Crippen LogP contribution in [0.5, 0.6) is 0 Å². The molecule has 1 aliphatic rings. The molecule has 0 amide bonds. The summed E-state index contributed by atoms with van der Waals surface area (Å²) in [5, 5.41) is 13.8. The first-order valence-corrected chi connectivity index (χ1v) is 9.27. The number of nitro benzene ring substituents is 1. The highest BCUT2D eigenvalue weighted by Crippen LogP contribution is 2.26. The van der Waals surface area contributed by atoms with Gasteiger partial charge in [0, 0.05) is 44.9 Å². The van der Waals surface area contributed by atoms with Crippen molar-refractivity contribution in [3.05, 3.63) is 33.9 Å². The SMILES string of the molecule is Cc1ccc([N+](=O)[O-])cc1S(=O)(=O)NCC(N1CCNCC1)C(F)(F)F.Cl. The summed E-state index contributed by atoms with van der Waals surface area (Å²) >= 11 is 0. The number of halogens is 4. The van der Waals surface area contributed by atoms with Crippen molar-refractivity contribution < 1.29 is 26.5 Å². The van der Waals surface area contributed by atoms with Crippen LogP contribution < -0.4 is 10.0 Å².